The molecule has 2 aromatic rings. The van der Waals surface area contributed by atoms with E-state index in [0.717, 1.165) is 11.3 Å². The minimum atomic E-state index is 0.457. The molecule has 1 aromatic heterocycles. The van der Waals surface area contributed by atoms with E-state index in [1.807, 2.05) is 36.4 Å². The van der Waals surface area contributed by atoms with Gasteiger partial charge in [-0.2, -0.15) is 0 Å². The third-order valence-corrected chi connectivity index (χ3v) is 2.61. The van der Waals surface area contributed by atoms with Gasteiger partial charge < -0.3 is 14.9 Å². The predicted molar refractivity (Wildman–Crippen MR) is 71.7 cm³/mol. The van der Waals surface area contributed by atoms with Gasteiger partial charge in [-0.3, -0.25) is 0 Å². The maximum Gasteiger partial charge on any atom is 0.133 e. The Morgan fingerprint density at radius 1 is 1.17 bits per heavy atom. The average molecular weight is 243 g/mol. The van der Waals surface area contributed by atoms with Gasteiger partial charge in [0.1, 0.15) is 12.4 Å². The highest BCUT2D eigenvalue weighted by Gasteiger charge is 2.03. The lowest BCUT2D eigenvalue weighted by molar-refractivity contribution is 0.131. The topological polar surface area (TPSA) is 48.4 Å². The van der Waals surface area contributed by atoms with Crippen LogP contribution in [0.5, 0.6) is 0 Å². The Labute approximate surface area is 107 Å². The zero-order valence-corrected chi connectivity index (χ0v) is 10.2. The van der Waals surface area contributed by atoms with Crippen molar-refractivity contribution in [1.29, 1.82) is 0 Å². The summed E-state index contributed by atoms with van der Waals surface area (Å²) in [5.74, 6) is 0.811. The molecule has 0 saturated carbocycles. The highest BCUT2D eigenvalue weighted by Crippen LogP contribution is 2.10. The van der Waals surface area contributed by atoms with Gasteiger partial charge in [0.2, 0.25) is 0 Å². The van der Waals surface area contributed by atoms with Crippen LogP contribution in [0, 0.1) is 0 Å². The zero-order valence-electron chi connectivity index (χ0n) is 10.2. The van der Waals surface area contributed by atoms with Crippen LogP contribution in [0.2, 0.25) is 0 Å². The molecule has 0 aliphatic heterocycles. The van der Waals surface area contributed by atoms with Gasteiger partial charge in [0.25, 0.3) is 0 Å². The van der Waals surface area contributed by atoms with Crippen LogP contribution in [-0.2, 0) is 17.9 Å². The summed E-state index contributed by atoms with van der Waals surface area (Å²) < 4.78 is 10.8. The van der Waals surface area contributed by atoms with Crippen LogP contribution >= 0.6 is 0 Å². The molecular formula is C15H17NO2. The summed E-state index contributed by atoms with van der Waals surface area (Å²) in [5.41, 5.74) is 7.74. The first kappa shape index (κ1) is 12.6. The Morgan fingerprint density at radius 2 is 2.00 bits per heavy atom. The molecule has 0 amide bonds. The average Bonchev–Trinajstić information content (AvgIpc) is 2.87. The van der Waals surface area contributed by atoms with Crippen LogP contribution in [-0.4, -0.2) is 6.61 Å². The number of furan rings is 1. The lowest BCUT2D eigenvalue weighted by atomic mass is 10.2. The first-order valence-corrected chi connectivity index (χ1v) is 5.95. The third-order valence-electron chi connectivity index (χ3n) is 2.61. The van der Waals surface area contributed by atoms with Crippen LogP contribution in [0.15, 0.2) is 53.2 Å². The van der Waals surface area contributed by atoms with Crippen molar-refractivity contribution < 1.29 is 9.15 Å². The van der Waals surface area contributed by atoms with Gasteiger partial charge in [0.05, 0.1) is 12.9 Å². The van der Waals surface area contributed by atoms with Gasteiger partial charge in [-0.05, 0) is 11.6 Å². The Morgan fingerprint density at radius 3 is 2.78 bits per heavy atom. The lowest BCUT2D eigenvalue weighted by Crippen LogP contribution is -2.00. The Balaban J connectivity index is 1.75. The summed E-state index contributed by atoms with van der Waals surface area (Å²) in [5, 5.41) is 0. The van der Waals surface area contributed by atoms with Crippen molar-refractivity contribution in [2.24, 2.45) is 5.73 Å². The molecule has 0 radical (unpaired) electrons. The number of hydrogen-bond acceptors (Lipinski definition) is 3. The van der Waals surface area contributed by atoms with Crippen LogP contribution in [0.3, 0.4) is 0 Å². The highest BCUT2D eigenvalue weighted by molar-refractivity contribution is 5.48. The minimum Gasteiger partial charge on any atom is -0.467 e. The number of hydrogen-bond donors (Lipinski definition) is 1. The van der Waals surface area contributed by atoms with E-state index in [1.54, 1.807) is 6.26 Å². The van der Waals surface area contributed by atoms with E-state index in [1.165, 1.54) is 5.56 Å². The zero-order chi connectivity index (χ0) is 12.6. The molecule has 0 aliphatic carbocycles. The summed E-state index contributed by atoms with van der Waals surface area (Å²) in [6, 6.07) is 12.0. The Bertz CT molecular complexity index is 488. The molecule has 0 atom stereocenters. The van der Waals surface area contributed by atoms with E-state index in [9.17, 15) is 0 Å². The predicted octanol–water partition coefficient (Wildman–Crippen LogP) is 2.97. The van der Waals surface area contributed by atoms with Crippen molar-refractivity contribution in [2.45, 2.75) is 13.2 Å². The molecule has 3 nitrogen and oxygen atoms in total. The first-order chi connectivity index (χ1) is 8.90. The quantitative estimate of drug-likeness (QED) is 0.793. The van der Waals surface area contributed by atoms with E-state index >= 15 is 0 Å². The fraction of sp³-hybridized carbons (Fsp3) is 0.200. The van der Waals surface area contributed by atoms with E-state index in [2.05, 4.69) is 12.1 Å². The van der Waals surface area contributed by atoms with Crippen molar-refractivity contribution in [3.8, 4) is 0 Å². The SMILES string of the molecule is NCc1ccoc1COC/C=C/c1ccccc1. The molecule has 94 valence electrons. The second-order valence-electron chi connectivity index (χ2n) is 3.90. The standard InChI is InChI=1S/C15H17NO2/c16-11-14-8-10-18-15(14)12-17-9-4-7-13-5-2-1-3-6-13/h1-8,10H,9,11-12,16H2/b7-4+. The van der Waals surface area contributed by atoms with Crippen LogP contribution < -0.4 is 5.73 Å². The molecule has 0 saturated heterocycles. The molecule has 18 heavy (non-hydrogen) atoms. The van der Waals surface area contributed by atoms with Crippen LogP contribution in [0.25, 0.3) is 6.08 Å². The van der Waals surface area contributed by atoms with Gasteiger partial charge in [0.15, 0.2) is 0 Å². The van der Waals surface area contributed by atoms with Crippen molar-refractivity contribution in [1.82, 2.24) is 0 Å². The lowest BCUT2D eigenvalue weighted by Gasteiger charge is -2.00. The number of nitrogens with two attached hydrogens (primary N) is 1. The molecular weight excluding hydrogens is 226 g/mol. The normalized spacial score (nSPS) is 11.2. The second kappa shape index (κ2) is 6.79. The molecule has 0 bridgehead atoms. The summed E-state index contributed by atoms with van der Waals surface area (Å²) in [4.78, 5) is 0. The molecule has 3 heteroatoms. The number of benzene rings is 1. The van der Waals surface area contributed by atoms with Crippen LogP contribution in [0.4, 0.5) is 0 Å². The van der Waals surface area contributed by atoms with Gasteiger partial charge in [-0.1, -0.05) is 42.5 Å². The minimum absolute atomic E-state index is 0.457. The highest BCUT2D eigenvalue weighted by atomic mass is 16.5. The van der Waals surface area contributed by atoms with E-state index in [-0.39, 0.29) is 0 Å². The summed E-state index contributed by atoms with van der Waals surface area (Å²) >= 11 is 0. The van der Waals surface area contributed by atoms with E-state index in [0.29, 0.717) is 19.8 Å². The molecule has 0 aliphatic rings. The number of rotatable bonds is 6. The Hall–Kier alpha value is -1.84. The first-order valence-electron chi connectivity index (χ1n) is 5.95. The second-order valence-corrected chi connectivity index (χ2v) is 3.90. The molecule has 1 aromatic carbocycles. The van der Waals surface area contributed by atoms with E-state index in [4.69, 9.17) is 14.9 Å². The molecule has 1 heterocycles. The van der Waals surface area contributed by atoms with Crippen molar-refractivity contribution in [3.05, 3.63) is 65.6 Å². The Kier molecular flexibility index (Phi) is 4.76. The van der Waals surface area contributed by atoms with Gasteiger partial charge in [-0.15, -0.1) is 0 Å². The van der Waals surface area contributed by atoms with Crippen molar-refractivity contribution in [2.75, 3.05) is 6.61 Å². The molecule has 2 rings (SSSR count). The van der Waals surface area contributed by atoms with Gasteiger partial charge >= 0.3 is 0 Å². The number of ether oxygens (including phenoxy) is 1. The van der Waals surface area contributed by atoms with Crippen molar-refractivity contribution in [3.63, 3.8) is 0 Å². The smallest absolute Gasteiger partial charge is 0.133 e. The van der Waals surface area contributed by atoms with Gasteiger partial charge in [-0.25, -0.2) is 0 Å². The summed E-state index contributed by atoms with van der Waals surface area (Å²) in [6.45, 7) is 1.49. The van der Waals surface area contributed by atoms with Crippen molar-refractivity contribution >= 4 is 6.08 Å². The fourth-order valence-corrected chi connectivity index (χ4v) is 1.64. The maximum atomic E-state index is 5.57. The van der Waals surface area contributed by atoms with Crippen LogP contribution in [0.1, 0.15) is 16.9 Å². The summed E-state index contributed by atoms with van der Waals surface area (Å²) in [7, 11) is 0. The molecule has 0 fully saturated rings. The third kappa shape index (κ3) is 3.58. The van der Waals surface area contributed by atoms with Gasteiger partial charge in [0, 0.05) is 12.1 Å². The molecule has 0 spiro atoms. The monoisotopic (exact) mass is 243 g/mol. The molecule has 0 unspecified atom stereocenters. The fourth-order valence-electron chi connectivity index (χ4n) is 1.64. The molecule has 2 N–H and O–H groups in total. The van der Waals surface area contributed by atoms with E-state index < -0.39 is 0 Å². The largest absolute Gasteiger partial charge is 0.467 e. The summed E-state index contributed by atoms with van der Waals surface area (Å²) in [6.07, 6.45) is 5.66. The maximum absolute atomic E-state index is 5.57.